The van der Waals surface area contributed by atoms with Crippen LogP contribution in [0.1, 0.15) is 53.7 Å². The number of aryl methyl sites for hydroxylation is 1. The second-order valence-electron chi connectivity index (χ2n) is 8.07. The summed E-state index contributed by atoms with van der Waals surface area (Å²) in [5.74, 6) is 0.0767. The molecule has 4 rings (SSSR count). The van der Waals surface area contributed by atoms with Crippen LogP contribution in [0.5, 0.6) is 5.75 Å². The van der Waals surface area contributed by atoms with E-state index < -0.39 is 17.6 Å². The van der Waals surface area contributed by atoms with Crippen molar-refractivity contribution in [2.75, 3.05) is 19.0 Å². The molecule has 1 aromatic heterocycles. The number of carbonyl (C=O) groups is 2. The van der Waals surface area contributed by atoms with Crippen LogP contribution in [-0.4, -0.2) is 35.7 Å². The lowest BCUT2D eigenvalue weighted by molar-refractivity contribution is 0.102. The van der Waals surface area contributed by atoms with Crippen molar-refractivity contribution in [3.05, 3.63) is 69.6 Å². The second kappa shape index (κ2) is 9.36. The first-order valence-electron chi connectivity index (χ1n) is 11.0. The normalized spacial score (nSPS) is 15.6. The van der Waals surface area contributed by atoms with Gasteiger partial charge in [-0.1, -0.05) is 25.5 Å². The van der Waals surface area contributed by atoms with E-state index in [1.165, 1.54) is 11.0 Å². The third kappa shape index (κ3) is 4.41. The zero-order valence-electron chi connectivity index (χ0n) is 18.6. The number of carbonyl (C=O) groups excluding carboxylic acids is 1. The Morgan fingerprint density at radius 2 is 1.97 bits per heavy atom. The lowest BCUT2D eigenvalue weighted by atomic mass is 10.0. The van der Waals surface area contributed by atoms with Crippen LogP contribution in [-0.2, 0) is 6.42 Å². The zero-order chi connectivity index (χ0) is 23.5. The Kier molecular flexibility index (Phi) is 6.35. The number of ether oxygens (including phenoxy) is 1. The molecule has 2 N–H and O–H groups in total. The van der Waals surface area contributed by atoms with Gasteiger partial charge in [0.2, 0.25) is 0 Å². The summed E-state index contributed by atoms with van der Waals surface area (Å²) < 4.78 is 10.9. The Bertz CT molecular complexity index is 1250. The molecule has 2 heterocycles. The van der Waals surface area contributed by atoms with Gasteiger partial charge in [0.1, 0.15) is 16.9 Å². The van der Waals surface area contributed by atoms with Crippen molar-refractivity contribution in [2.45, 2.75) is 38.6 Å². The summed E-state index contributed by atoms with van der Waals surface area (Å²) in [5.41, 5.74) is 1.80. The molecule has 1 saturated heterocycles. The van der Waals surface area contributed by atoms with Crippen molar-refractivity contribution in [3.63, 3.8) is 0 Å². The highest BCUT2D eigenvalue weighted by molar-refractivity contribution is 6.05. The summed E-state index contributed by atoms with van der Waals surface area (Å²) in [6.07, 6.45) is 2.18. The number of nitrogens with one attached hydrogen (secondary N) is 1. The Labute approximate surface area is 190 Å². The molecule has 0 radical (unpaired) electrons. The first-order valence-corrected chi connectivity index (χ1v) is 11.0. The van der Waals surface area contributed by atoms with Crippen LogP contribution < -0.4 is 15.7 Å². The molecule has 1 aliphatic heterocycles. The molecule has 2 aromatic carbocycles. The Hall–Kier alpha value is -3.81. The highest BCUT2D eigenvalue weighted by atomic mass is 16.5. The van der Waals surface area contributed by atoms with Crippen LogP contribution in [0.15, 0.2) is 51.7 Å². The van der Waals surface area contributed by atoms with E-state index in [0.717, 1.165) is 30.4 Å². The third-order valence-corrected chi connectivity index (χ3v) is 5.98. The van der Waals surface area contributed by atoms with Gasteiger partial charge in [-0.15, -0.1) is 0 Å². The fourth-order valence-corrected chi connectivity index (χ4v) is 4.39. The number of nitrogens with zero attached hydrogens (tertiary/aromatic N) is 1. The number of hydrogen-bond donors (Lipinski definition) is 2. The number of carboxylic acid groups (broad SMARTS) is 1. The van der Waals surface area contributed by atoms with Crippen molar-refractivity contribution in [1.29, 1.82) is 0 Å². The Balaban J connectivity index is 1.57. The molecule has 3 aromatic rings. The number of fused-ring (bicyclic) bond motifs is 1. The van der Waals surface area contributed by atoms with E-state index in [-0.39, 0.29) is 11.6 Å². The minimum absolute atomic E-state index is 0.0907. The maximum atomic E-state index is 12.8. The van der Waals surface area contributed by atoms with Gasteiger partial charge in [-0.2, -0.15) is 0 Å². The molecule has 1 fully saturated rings. The molecular formula is C25H26N2O6. The first-order chi connectivity index (χ1) is 15.9. The standard InChI is InChI=1S/C25H26N2O6/c1-3-5-18-21(32-2)12-9-16-14-19(24(29)33-22(16)18)23(28)26-17-10-7-15(8-11-17)20-6-4-13-27(20)25(30)31/h7-12,14,20H,3-6,13H2,1-2H3,(H,26,28)(H,30,31). The quantitative estimate of drug-likeness (QED) is 0.521. The summed E-state index contributed by atoms with van der Waals surface area (Å²) >= 11 is 0. The predicted octanol–water partition coefficient (Wildman–Crippen LogP) is 4.82. The molecule has 0 aliphatic carbocycles. The van der Waals surface area contributed by atoms with Gasteiger partial charge in [-0.05, 0) is 55.2 Å². The number of likely N-dealkylation sites (tertiary alicyclic amines) is 1. The highest BCUT2D eigenvalue weighted by Gasteiger charge is 2.29. The average molecular weight is 450 g/mol. The van der Waals surface area contributed by atoms with Crippen molar-refractivity contribution < 1.29 is 23.8 Å². The first kappa shape index (κ1) is 22.4. The van der Waals surface area contributed by atoms with E-state index >= 15 is 0 Å². The molecule has 2 amide bonds. The molecule has 172 valence electrons. The number of amides is 2. The molecular weight excluding hydrogens is 424 g/mol. The minimum atomic E-state index is -0.933. The summed E-state index contributed by atoms with van der Waals surface area (Å²) in [6, 6.07) is 11.9. The van der Waals surface area contributed by atoms with Crippen LogP contribution in [0.3, 0.4) is 0 Å². The minimum Gasteiger partial charge on any atom is -0.496 e. The summed E-state index contributed by atoms with van der Waals surface area (Å²) in [6.45, 7) is 2.54. The van der Waals surface area contributed by atoms with Crippen molar-refractivity contribution in [1.82, 2.24) is 4.90 Å². The highest BCUT2D eigenvalue weighted by Crippen LogP contribution is 2.32. The lowest BCUT2D eigenvalue weighted by Gasteiger charge is -2.22. The maximum absolute atomic E-state index is 12.8. The van der Waals surface area contributed by atoms with Gasteiger partial charge in [0.05, 0.1) is 13.2 Å². The van der Waals surface area contributed by atoms with Gasteiger partial charge in [0.25, 0.3) is 5.91 Å². The van der Waals surface area contributed by atoms with Crippen LogP contribution in [0, 0.1) is 0 Å². The molecule has 0 saturated carbocycles. The van der Waals surface area contributed by atoms with Gasteiger partial charge in [-0.25, -0.2) is 9.59 Å². The third-order valence-electron chi connectivity index (χ3n) is 5.98. The zero-order valence-corrected chi connectivity index (χ0v) is 18.6. The van der Waals surface area contributed by atoms with Crippen LogP contribution >= 0.6 is 0 Å². The average Bonchev–Trinajstić information content (AvgIpc) is 3.30. The largest absolute Gasteiger partial charge is 0.496 e. The monoisotopic (exact) mass is 450 g/mol. The van der Waals surface area contributed by atoms with Gasteiger partial charge >= 0.3 is 11.7 Å². The predicted molar refractivity (Wildman–Crippen MR) is 124 cm³/mol. The smallest absolute Gasteiger partial charge is 0.407 e. The summed E-state index contributed by atoms with van der Waals surface area (Å²) in [4.78, 5) is 38.3. The van der Waals surface area contributed by atoms with Crippen LogP contribution in [0.25, 0.3) is 11.0 Å². The summed E-state index contributed by atoms with van der Waals surface area (Å²) in [5, 5.41) is 12.7. The van der Waals surface area contributed by atoms with E-state index in [2.05, 4.69) is 5.32 Å². The SMILES string of the molecule is CCCc1c(OC)ccc2cc(C(=O)Nc3ccc(C4CCCN4C(=O)O)cc3)c(=O)oc12. The molecule has 1 atom stereocenters. The lowest BCUT2D eigenvalue weighted by Crippen LogP contribution is -2.28. The number of hydrogen-bond acceptors (Lipinski definition) is 5. The molecule has 33 heavy (non-hydrogen) atoms. The summed E-state index contributed by atoms with van der Waals surface area (Å²) in [7, 11) is 1.57. The van der Waals surface area contributed by atoms with E-state index in [1.54, 1.807) is 43.5 Å². The molecule has 8 heteroatoms. The van der Waals surface area contributed by atoms with Gasteiger partial charge in [0, 0.05) is 23.2 Å². The fourth-order valence-electron chi connectivity index (χ4n) is 4.39. The van der Waals surface area contributed by atoms with Crippen molar-refractivity contribution in [2.24, 2.45) is 0 Å². The number of methoxy groups -OCH3 is 1. The topological polar surface area (TPSA) is 109 Å². The van der Waals surface area contributed by atoms with Gasteiger partial charge in [-0.3, -0.25) is 4.79 Å². The maximum Gasteiger partial charge on any atom is 0.407 e. The van der Waals surface area contributed by atoms with E-state index in [9.17, 15) is 19.5 Å². The van der Waals surface area contributed by atoms with E-state index in [1.807, 2.05) is 6.92 Å². The fraction of sp³-hybridized carbons (Fsp3) is 0.320. The molecule has 1 unspecified atom stereocenters. The number of benzene rings is 2. The van der Waals surface area contributed by atoms with Crippen molar-refractivity contribution >= 4 is 28.7 Å². The van der Waals surface area contributed by atoms with Gasteiger partial charge in [0.15, 0.2) is 0 Å². The molecule has 1 aliphatic rings. The Morgan fingerprint density at radius 1 is 1.21 bits per heavy atom. The Morgan fingerprint density at radius 3 is 2.64 bits per heavy atom. The number of rotatable bonds is 6. The molecule has 0 spiro atoms. The van der Waals surface area contributed by atoms with Crippen LogP contribution in [0.2, 0.25) is 0 Å². The molecule has 8 nitrogen and oxygen atoms in total. The van der Waals surface area contributed by atoms with Crippen molar-refractivity contribution in [3.8, 4) is 5.75 Å². The van der Waals surface area contributed by atoms with E-state index in [4.69, 9.17) is 9.15 Å². The number of anilines is 1. The second-order valence-corrected chi connectivity index (χ2v) is 8.07. The molecule has 0 bridgehead atoms. The van der Waals surface area contributed by atoms with Crippen LogP contribution in [0.4, 0.5) is 10.5 Å². The van der Waals surface area contributed by atoms with E-state index in [0.29, 0.717) is 35.4 Å². The van der Waals surface area contributed by atoms with Gasteiger partial charge < -0.3 is 24.5 Å².